The fourth-order valence-corrected chi connectivity index (χ4v) is 20.0. The number of nitrogens with zero attached hydrogens (tertiary/aromatic N) is 4. The van der Waals surface area contributed by atoms with E-state index >= 15 is 0 Å². The Bertz CT molecular complexity index is 3060. The first-order valence-electron chi connectivity index (χ1n) is 39.0. The number of aliphatic hydroxyl groups is 1. The molecule has 1 N–H and O–H groups in total. The highest BCUT2D eigenvalue weighted by atomic mass is 32.6. The third-order valence-electron chi connectivity index (χ3n) is 26.7. The summed E-state index contributed by atoms with van der Waals surface area (Å²) in [6.45, 7) is 51.6. The molecule has 1 spiro atoms. The largest absolute Gasteiger partial charge is 0.523 e. The van der Waals surface area contributed by atoms with Gasteiger partial charge in [-0.2, -0.15) is 15.8 Å². The number of hydrogen-bond donors (Lipinski definition) is 1. The summed E-state index contributed by atoms with van der Waals surface area (Å²) in [5, 5.41) is 36.1. The second kappa shape index (κ2) is 37.0. The number of fused-ring (bicyclic) bond motifs is 5. The van der Waals surface area contributed by atoms with Crippen LogP contribution in [0.1, 0.15) is 313 Å². The summed E-state index contributed by atoms with van der Waals surface area (Å²) in [4.78, 5) is 40.5. The molecule has 17 atom stereocenters. The van der Waals surface area contributed by atoms with E-state index in [-0.39, 0.29) is 100.0 Å². The van der Waals surface area contributed by atoms with E-state index in [4.69, 9.17) is 46.3 Å². The zero-order chi connectivity index (χ0) is 76.2. The zero-order valence-corrected chi connectivity index (χ0v) is 68.6. The Labute approximate surface area is 623 Å². The van der Waals surface area contributed by atoms with Crippen molar-refractivity contribution in [3.05, 3.63) is 46.2 Å². The third kappa shape index (κ3) is 18.0. The van der Waals surface area contributed by atoms with Gasteiger partial charge in [0.1, 0.15) is 23.7 Å². The van der Waals surface area contributed by atoms with Gasteiger partial charge in [0.15, 0.2) is 36.2 Å². The Kier molecular flexibility index (Phi) is 32.3. The minimum absolute atomic E-state index is 0. The molecule has 2 saturated carbocycles. The van der Waals surface area contributed by atoms with Gasteiger partial charge >= 0.3 is 1.28 Å². The van der Waals surface area contributed by atoms with E-state index in [2.05, 4.69) is 135 Å². The van der Waals surface area contributed by atoms with Crippen LogP contribution in [-0.4, -0.2) is 104 Å². The van der Waals surface area contributed by atoms with Crippen LogP contribution >= 0.6 is 15.9 Å². The van der Waals surface area contributed by atoms with Crippen LogP contribution in [0.2, 0.25) is 0 Å². The molecule has 15 nitrogen and oxygen atoms in total. The first-order chi connectivity index (χ1) is 47.3. The number of Topliss-reactive ketones (excluding diaryl/α,β-unsaturated/α-hetero) is 3. The van der Waals surface area contributed by atoms with E-state index < -0.39 is 29.0 Å². The first kappa shape index (κ1) is 88.3. The van der Waals surface area contributed by atoms with Crippen molar-refractivity contribution in [3.8, 4) is 18.2 Å². The summed E-state index contributed by atoms with van der Waals surface area (Å²) in [6, 6.07) is 5.92. The molecule has 0 aromatic rings. The Balaban J connectivity index is 0.000000263. The molecular formula is C83H137N4O11P2S+. The van der Waals surface area contributed by atoms with Crippen LogP contribution in [0.25, 0.3) is 4.85 Å². The third-order valence-corrected chi connectivity index (χ3v) is 26.7. The number of nitriles is 3. The fraction of sp³-hybridized carbons (Fsp3) is 0.843. The molecular weight excluding hydrogens is 1320 g/mol. The molecule has 18 heteroatoms. The van der Waals surface area contributed by atoms with Crippen LogP contribution < -0.4 is 0 Å². The smallest absolute Gasteiger partial charge is 0.355 e. The SMILES string of the molecule is C.CC#N.CC[C@@H]1CC[C@]2(CC)C=C(C#N)C(=O)C(C)(C)[C@H]2O1.CC[C@H]1CC[C@@]2(CC)C=C(C#N)C(=O)C(C)(C)[C@@H]2O1.CC[C@H]1CC[C@@]2(CC)CCC(=O)C(C)(C)[C@@H]2O1.CC[C@H]1CC[C@@]2(CC)CCC3(OCCO3)C(C)(C)[C@@H]2O1.[3H][P+](P)=S.[C-]#[N+]C1=C(O)C(C)(C)[C@@H]2O[C@@H](CC)CC[C@@]2(CC)C1. The summed E-state index contributed by atoms with van der Waals surface area (Å²) in [5.74, 6) is 0.0877. The van der Waals surface area contributed by atoms with E-state index in [1.54, 1.807) is 6.07 Å². The number of carbonyl (C=O) groups is 3. The second-order valence-corrected chi connectivity index (χ2v) is 36.4. The van der Waals surface area contributed by atoms with Crippen LogP contribution in [0.3, 0.4) is 0 Å². The van der Waals surface area contributed by atoms with E-state index in [0.29, 0.717) is 52.8 Å². The van der Waals surface area contributed by atoms with Crippen molar-refractivity contribution >= 4 is 45.1 Å². The maximum atomic E-state index is 12.4. The molecule has 0 radical (unpaired) electrons. The number of carbonyl (C=O) groups excluding carboxylic acids is 3. The van der Waals surface area contributed by atoms with Gasteiger partial charge in [0.25, 0.3) is 0 Å². The Morgan fingerprint density at radius 3 is 1.23 bits per heavy atom. The van der Waals surface area contributed by atoms with Crippen LogP contribution in [0.15, 0.2) is 34.8 Å². The minimum Gasteiger partial charge on any atom is -0.523 e. The molecule has 101 heavy (non-hydrogen) atoms. The summed E-state index contributed by atoms with van der Waals surface area (Å²) in [5.41, 5.74) is -0.518. The predicted molar refractivity (Wildman–Crippen MR) is 413 cm³/mol. The van der Waals surface area contributed by atoms with Gasteiger partial charge in [-0.3, -0.25) is 14.4 Å². The van der Waals surface area contributed by atoms with Crippen LogP contribution in [0, 0.1) is 94.7 Å². The lowest BCUT2D eigenvalue weighted by Gasteiger charge is -2.61. The quantitative estimate of drug-likeness (QED) is 0.159. The van der Waals surface area contributed by atoms with E-state index in [9.17, 15) is 30.0 Å². The Morgan fingerprint density at radius 2 is 0.881 bits per heavy atom. The van der Waals surface area contributed by atoms with Crippen molar-refractivity contribution < 1.29 is 52.6 Å². The molecule has 0 bridgehead atoms. The van der Waals surface area contributed by atoms with Crippen molar-refractivity contribution in [2.24, 2.45) is 54.1 Å². The summed E-state index contributed by atoms with van der Waals surface area (Å²) in [6.07, 6.45) is 31.7. The molecule has 11 rings (SSSR count). The van der Waals surface area contributed by atoms with E-state index in [1.165, 1.54) is 45.4 Å². The molecule has 570 valence electrons. The summed E-state index contributed by atoms with van der Waals surface area (Å²) >= 11 is 4.31. The number of ketones is 3. The predicted octanol–water partition coefficient (Wildman–Crippen LogP) is 21.0. The molecule has 6 saturated heterocycles. The fourth-order valence-electron chi connectivity index (χ4n) is 20.0. The highest BCUT2D eigenvalue weighted by Crippen LogP contribution is 2.63. The molecule has 0 amide bonds. The van der Waals surface area contributed by atoms with Crippen LogP contribution in [0.4, 0.5) is 0 Å². The van der Waals surface area contributed by atoms with Gasteiger partial charge in [0.05, 0.1) is 123 Å². The summed E-state index contributed by atoms with van der Waals surface area (Å²) < 4.78 is 50.3. The lowest BCUT2D eigenvalue weighted by molar-refractivity contribution is -0.324. The van der Waals surface area contributed by atoms with Gasteiger partial charge in [0.2, 0.25) is 5.70 Å². The topological polar surface area (TPSA) is 212 Å². The average molecular weight is 1460 g/mol. The number of ether oxygens (including phenoxy) is 7. The Morgan fingerprint density at radius 1 is 0.545 bits per heavy atom. The number of aliphatic hydroxyl groups excluding tert-OH is 1. The molecule has 11 aliphatic rings. The molecule has 0 aromatic carbocycles. The molecule has 2 unspecified atom stereocenters. The average Bonchev–Trinajstić information content (AvgIpc) is 0.801. The normalized spacial score (nSPS) is 37.0. The van der Waals surface area contributed by atoms with Crippen LogP contribution in [0.5, 0.6) is 0 Å². The molecule has 6 heterocycles. The van der Waals surface area contributed by atoms with Crippen molar-refractivity contribution in [2.45, 2.75) is 380 Å². The molecule has 6 aliphatic heterocycles. The van der Waals surface area contributed by atoms with Gasteiger partial charge in [-0.1, -0.05) is 130 Å². The highest BCUT2D eigenvalue weighted by Gasteiger charge is 2.66. The number of rotatable bonds is 10. The monoisotopic (exact) mass is 1460 g/mol. The number of hydrogen-bond acceptors (Lipinski definition) is 15. The van der Waals surface area contributed by atoms with E-state index in [0.717, 1.165) is 129 Å². The highest BCUT2D eigenvalue weighted by molar-refractivity contribution is 8.24. The van der Waals surface area contributed by atoms with Crippen molar-refractivity contribution in [1.82, 2.24) is 0 Å². The minimum atomic E-state index is -0.870. The lowest BCUT2D eigenvalue weighted by Crippen LogP contribution is -2.65. The molecule has 5 aliphatic carbocycles. The van der Waals surface area contributed by atoms with Gasteiger partial charge in [0, 0.05) is 41.4 Å². The van der Waals surface area contributed by atoms with Crippen LogP contribution in [-0.2, 0) is 59.3 Å². The van der Waals surface area contributed by atoms with Gasteiger partial charge in [-0.25, -0.2) is 4.85 Å². The van der Waals surface area contributed by atoms with Gasteiger partial charge < -0.3 is 38.3 Å². The summed E-state index contributed by atoms with van der Waals surface area (Å²) in [7, 11) is 2.20. The maximum absolute atomic E-state index is 12.4. The van der Waals surface area contributed by atoms with Crippen molar-refractivity contribution in [1.29, 1.82) is 17.1 Å². The lowest BCUT2D eigenvalue weighted by atomic mass is 9.54. The van der Waals surface area contributed by atoms with Crippen molar-refractivity contribution in [2.75, 3.05) is 13.2 Å². The molecule has 0 aromatic heterocycles. The zero-order valence-electron chi connectivity index (χ0n) is 66.8. The number of allylic oxidation sites excluding steroid dienone is 3. The maximum Gasteiger partial charge on any atom is 0.355 e. The van der Waals surface area contributed by atoms with E-state index in [1.807, 2.05) is 53.7 Å². The standard InChI is InChI=1S/C17H30O3.C16H25NO2.2C16H23NO2.C15H26O2.C2H3N.CH4.H2P2S/c1-5-13-7-8-16(6-2)9-10-17(18-11-12-19-17)15(3,4)14(16)20-13;1-6-11-8-9-16(7-2)10-12(17-5)13(18)15(3,4)14(16)19-11;2*1-5-12-7-8-16(6-2)9-11(10-17)13(18)15(3,4)14(16)19-12;1-5-11-7-9-15(6-2)10-8-12(16)14(3,4)13(15)17-11;1-2-3;;1-2-3/h13-14H,5-12H2,1-4H3;11,14,18H,6-10H2,1-4H3;2*9,12,14H,5-8H2,1-4H3;11,13H,5-10H2,1-4H3;1H3;1H4;1H2/p+1/t13-,14-,16-;11-,14-,16-;2*12-,14-,16-;11-,13-,15-;;;/m00100.../s1/i/hT. The van der Waals surface area contributed by atoms with Gasteiger partial charge in [-0.15, -0.1) is 0 Å². The molecule has 8 fully saturated rings. The first-order valence-corrected chi connectivity index (χ1v) is 42.1. The second-order valence-electron chi connectivity index (χ2n) is 33.6. The Hall–Kier alpha value is -3.34. The van der Waals surface area contributed by atoms with Crippen molar-refractivity contribution in [3.63, 3.8) is 0 Å². The van der Waals surface area contributed by atoms with Gasteiger partial charge in [-0.05, 0) is 192 Å².